The smallest absolute Gasteiger partial charge is 0.167 e. The molecule has 0 aromatic heterocycles. The third kappa shape index (κ3) is 3.83. The number of halogens is 1. The van der Waals surface area contributed by atoms with Gasteiger partial charge < -0.3 is 4.74 Å². The van der Waals surface area contributed by atoms with Crippen LogP contribution < -0.4 is 4.74 Å². The Hall–Kier alpha value is -1.80. The third-order valence-corrected chi connectivity index (χ3v) is 3.02. The van der Waals surface area contributed by atoms with Crippen LogP contribution >= 0.6 is 11.6 Å². The van der Waals surface area contributed by atoms with E-state index >= 15 is 0 Å². The first kappa shape index (κ1) is 13.6. The van der Waals surface area contributed by atoms with Gasteiger partial charge in [-0.05, 0) is 48.9 Å². The first-order chi connectivity index (χ1) is 9.19. The Morgan fingerprint density at radius 2 is 1.68 bits per heavy atom. The molecule has 19 heavy (non-hydrogen) atoms. The molecule has 0 spiro atoms. The van der Waals surface area contributed by atoms with E-state index < -0.39 is 0 Å². The predicted octanol–water partition coefficient (Wildman–Crippen LogP) is 4.16. The molecule has 0 fully saturated rings. The second kappa shape index (κ2) is 6.39. The molecule has 0 atom stereocenters. The maximum absolute atomic E-state index is 12.1. The zero-order valence-corrected chi connectivity index (χ0v) is 11.5. The first-order valence-electron chi connectivity index (χ1n) is 6.19. The van der Waals surface area contributed by atoms with Gasteiger partial charge in [0.25, 0.3) is 0 Å². The van der Waals surface area contributed by atoms with Gasteiger partial charge in [0.2, 0.25) is 0 Å². The highest BCUT2D eigenvalue weighted by atomic mass is 35.5. The van der Waals surface area contributed by atoms with E-state index in [0.29, 0.717) is 23.6 Å². The van der Waals surface area contributed by atoms with Crippen LogP contribution in [0.4, 0.5) is 0 Å². The van der Waals surface area contributed by atoms with Crippen molar-refractivity contribution >= 4 is 17.4 Å². The number of Topliss-reactive ketones (excluding diaryl/α,β-unsaturated/α-hetero) is 1. The summed E-state index contributed by atoms with van der Waals surface area (Å²) in [6.45, 7) is 2.55. The molecule has 2 aromatic rings. The third-order valence-electron chi connectivity index (χ3n) is 2.77. The normalized spacial score (nSPS) is 10.2. The van der Waals surface area contributed by atoms with Crippen molar-refractivity contribution in [1.29, 1.82) is 0 Å². The average molecular weight is 275 g/mol. The lowest BCUT2D eigenvalue weighted by atomic mass is 10.0. The summed E-state index contributed by atoms with van der Waals surface area (Å²) in [6.07, 6.45) is 0.380. The first-order valence-corrected chi connectivity index (χ1v) is 6.57. The van der Waals surface area contributed by atoms with Crippen molar-refractivity contribution in [2.24, 2.45) is 0 Å². The molecule has 0 N–H and O–H groups in total. The Morgan fingerprint density at radius 3 is 2.26 bits per heavy atom. The SMILES string of the molecule is CCOc1ccc(C(=O)Cc2ccc(Cl)cc2)cc1. The minimum absolute atomic E-state index is 0.0883. The van der Waals surface area contributed by atoms with Gasteiger partial charge in [0, 0.05) is 17.0 Å². The molecular weight excluding hydrogens is 260 g/mol. The zero-order valence-electron chi connectivity index (χ0n) is 10.7. The lowest BCUT2D eigenvalue weighted by Gasteiger charge is -2.05. The lowest BCUT2D eigenvalue weighted by Crippen LogP contribution is -2.03. The fourth-order valence-corrected chi connectivity index (χ4v) is 1.92. The van der Waals surface area contributed by atoms with Crippen LogP contribution in [0.25, 0.3) is 0 Å². The van der Waals surface area contributed by atoms with Gasteiger partial charge in [-0.2, -0.15) is 0 Å². The second-order valence-corrected chi connectivity index (χ2v) is 4.62. The molecule has 0 aliphatic rings. The van der Waals surface area contributed by atoms with Crippen LogP contribution in [0.2, 0.25) is 5.02 Å². The number of benzene rings is 2. The van der Waals surface area contributed by atoms with Crippen molar-refractivity contribution in [2.75, 3.05) is 6.61 Å². The molecule has 0 unspecified atom stereocenters. The van der Waals surface area contributed by atoms with Crippen LogP contribution in [0.5, 0.6) is 5.75 Å². The Morgan fingerprint density at radius 1 is 1.05 bits per heavy atom. The molecule has 2 rings (SSSR count). The fourth-order valence-electron chi connectivity index (χ4n) is 1.79. The van der Waals surface area contributed by atoms with Gasteiger partial charge in [-0.15, -0.1) is 0 Å². The van der Waals surface area contributed by atoms with E-state index in [0.717, 1.165) is 11.3 Å². The molecule has 0 heterocycles. The minimum Gasteiger partial charge on any atom is -0.494 e. The molecule has 2 nitrogen and oxygen atoms in total. The van der Waals surface area contributed by atoms with E-state index in [1.165, 1.54) is 0 Å². The quantitative estimate of drug-likeness (QED) is 0.765. The van der Waals surface area contributed by atoms with Crippen LogP contribution in [0, 0.1) is 0 Å². The topological polar surface area (TPSA) is 26.3 Å². The van der Waals surface area contributed by atoms with Gasteiger partial charge in [-0.3, -0.25) is 4.79 Å². The maximum Gasteiger partial charge on any atom is 0.167 e. The molecule has 0 aliphatic heterocycles. The van der Waals surface area contributed by atoms with Gasteiger partial charge in [0.15, 0.2) is 5.78 Å². The number of hydrogen-bond donors (Lipinski definition) is 0. The van der Waals surface area contributed by atoms with Crippen LogP contribution in [-0.4, -0.2) is 12.4 Å². The largest absolute Gasteiger partial charge is 0.494 e. The van der Waals surface area contributed by atoms with E-state index in [1.54, 1.807) is 24.3 Å². The highest BCUT2D eigenvalue weighted by Gasteiger charge is 2.07. The van der Waals surface area contributed by atoms with Crippen LogP contribution in [0.15, 0.2) is 48.5 Å². The van der Waals surface area contributed by atoms with E-state index in [9.17, 15) is 4.79 Å². The number of rotatable bonds is 5. The maximum atomic E-state index is 12.1. The van der Waals surface area contributed by atoms with Crippen LogP contribution in [-0.2, 0) is 6.42 Å². The number of ketones is 1. The van der Waals surface area contributed by atoms with Gasteiger partial charge in [0.05, 0.1) is 6.61 Å². The molecule has 2 aromatic carbocycles. The Labute approximate surface area is 118 Å². The number of carbonyl (C=O) groups excluding carboxylic acids is 1. The molecular formula is C16H15ClO2. The summed E-state index contributed by atoms with van der Waals surface area (Å²) in [5, 5.41) is 0.678. The molecule has 0 saturated heterocycles. The highest BCUT2D eigenvalue weighted by Crippen LogP contribution is 2.15. The van der Waals surface area contributed by atoms with Crippen molar-refractivity contribution in [2.45, 2.75) is 13.3 Å². The van der Waals surface area contributed by atoms with E-state index in [2.05, 4.69) is 0 Å². The summed E-state index contributed by atoms with van der Waals surface area (Å²) in [4.78, 5) is 12.1. The van der Waals surface area contributed by atoms with Crippen molar-refractivity contribution in [3.63, 3.8) is 0 Å². The van der Waals surface area contributed by atoms with Gasteiger partial charge in [-0.1, -0.05) is 23.7 Å². The Balaban J connectivity index is 2.05. The van der Waals surface area contributed by atoms with Gasteiger partial charge in [-0.25, -0.2) is 0 Å². The Kier molecular flexibility index (Phi) is 4.58. The molecule has 0 saturated carbocycles. The zero-order chi connectivity index (χ0) is 13.7. The minimum atomic E-state index is 0.0883. The summed E-state index contributed by atoms with van der Waals surface area (Å²) < 4.78 is 5.35. The summed E-state index contributed by atoms with van der Waals surface area (Å²) >= 11 is 5.81. The molecule has 0 amide bonds. The molecule has 3 heteroatoms. The number of hydrogen-bond acceptors (Lipinski definition) is 2. The second-order valence-electron chi connectivity index (χ2n) is 4.18. The molecule has 98 valence electrons. The highest BCUT2D eigenvalue weighted by molar-refractivity contribution is 6.30. The molecule has 0 radical (unpaired) electrons. The predicted molar refractivity (Wildman–Crippen MR) is 77.1 cm³/mol. The monoisotopic (exact) mass is 274 g/mol. The standard InChI is InChI=1S/C16H15ClO2/c1-2-19-15-9-5-13(6-10-15)16(18)11-12-3-7-14(17)8-4-12/h3-10H,2,11H2,1H3. The summed E-state index contributed by atoms with van der Waals surface area (Å²) in [7, 11) is 0. The number of ether oxygens (including phenoxy) is 1. The van der Waals surface area contributed by atoms with E-state index in [4.69, 9.17) is 16.3 Å². The molecule has 0 aliphatic carbocycles. The average Bonchev–Trinajstić information content (AvgIpc) is 2.42. The molecule has 0 bridgehead atoms. The number of carbonyl (C=O) groups is 1. The van der Waals surface area contributed by atoms with Crippen molar-refractivity contribution in [3.05, 3.63) is 64.7 Å². The van der Waals surface area contributed by atoms with Crippen molar-refractivity contribution in [1.82, 2.24) is 0 Å². The van der Waals surface area contributed by atoms with E-state index in [1.807, 2.05) is 31.2 Å². The van der Waals surface area contributed by atoms with Crippen LogP contribution in [0.3, 0.4) is 0 Å². The van der Waals surface area contributed by atoms with Crippen LogP contribution in [0.1, 0.15) is 22.8 Å². The van der Waals surface area contributed by atoms with Gasteiger partial charge >= 0.3 is 0 Å². The summed E-state index contributed by atoms with van der Waals surface area (Å²) in [6, 6.07) is 14.6. The van der Waals surface area contributed by atoms with Crippen molar-refractivity contribution < 1.29 is 9.53 Å². The fraction of sp³-hybridized carbons (Fsp3) is 0.188. The summed E-state index contributed by atoms with van der Waals surface area (Å²) in [5.41, 5.74) is 1.65. The summed E-state index contributed by atoms with van der Waals surface area (Å²) in [5.74, 6) is 0.871. The van der Waals surface area contributed by atoms with Gasteiger partial charge in [0.1, 0.15) is 5.75 Å². The van der Waals surface area contributed by atoms with Crippen molar-refractivity contribution in [3.8, 4) is 5.75 Å². The lowest BCUT2D eigenvalue weighted by molar-refractivity contribution is 0.0993. The van der Waals surface area contributed by atoms with E-state index in [-0.39, 0.29) is 5.78 Å². The Bertz CT molecular complexity index is 544.